The van der Waals surface area contributed by atoms with Crippen molar-refractivity contribution >= 4 is 56.8 Å². The highest BCUT2D eigenvalue weighted by atomic mass is 16.5. The molecule has 28 heteroatoms. The first kappa shape index (κ1) is 91.7. The molecule has 0 saturated carbocycles. The van der Waals surface area contributed by atoms with Crippen LogP contribution in [0.4, 0.5) is 0 Å². The van der Waals surface area contributed by atoms with Crippen LogP contribution in [0, 0.1) is 5.92 Å². The first-order valence-corrected chi connectivity index (χ1v) is 45.9. The van der Waals surface area contributed by atoms with E-state index in [1.54, 1.807) is 73.2 Å². The van der Waals surface area contributed by atoms with Gasteiger partial charge in [0, 0.05) is 244 Å². The van der Waals surface area contributed by atoms with Gasteiger partial charge in [0.2, 0.25) is 5.75 Å². The predicted octanol–water partition coefficient (Wildman–Crippen LogP) is 11.0. The molecule has 1 N–H and O–H groups in total. The second-order valence-electron chi connectivity index (χ2n) is 37.2. The van der Waals surface area contributed by atoms with Gasteiger partial charge in [-0.2, -0.15) is 0 Å². The molecule has 0 spiro atoms. The number of Topliss-reactive ketones (excluding diaryl/α,β-unsaturated/α-hetero) is 5. The topological polar surface area (TPSA) is 344 Å². The van der Waals surface area contributed by atoms with Crippen molar-refractivity contribution in [1.29, 1.82) is 0 Å². The summed E-state index contributed by atoms with van der Waals surface area (Å²) < 4.78 is 23.9. The van der Waals surface area contributed by atoms with Crippen molar-refractivity contribution in [2.45, 2.75) is 95.3 Å². The molecule has 700 valence electrons. The summed E-state index contributed by atoms with van der Waals surface area (Å²) in [6.45, 7) is 6.06. The molecule has 13 aromatic rings. The number of ether oxygens (including phenoxy) is 2. The van der Waals surface area contributed by atoms with Crippen LogP contribution in [0.3, 0.4) is 0 Å². The lowest BCUT2D eigenvalue weighted by atomic mass is 9.76. The molecule has 5 atom stereocenters. The summed E-state index contributed by atoms with van der Waals surface area (Å²) in [5.74, 6) is -1.89. The number of hydrogen-bond acceptors (Lipinski definition) is 18. The number of aromatic nitrogens is 10. The van der Waals surface area contributed by atoms with Crippen LogP contribution in [-0.2, 0) is 109 Å². The van der Waals surface area contributed by atoms with E-state index < -0.39 is 23.1 Å². The number of carbonyl (C=O) groups excluding carboxylic acids is 5. The maximum Gasteiger partial charge on any atom is 0.330 e. The Morgan fingerprint density at radius 2 is 0.547 bits per heavy atom. The number of nitrogens with zero attached hydrogens (tertiary/aromatic N) is 10. The van der Waals surface area contributed by atoms with Crippen LogP contribution < -0.4 is 65.7 Å². The number of ketones is 5. The molecule has 28 nitrogen and oxygen atoms in total. The highest BCUT2D eigenvalue weighted by Crippen LogP contribution is 2.55. The minimum atomic E-state index is -0.766. The van der Waals surface area contributed by atoms with E-state index in [0.717, 1.165) is 101 Å². The summed E-state index contributed by atoms with van der Waals surface area (Å²) in [7, 11) is 18.6. The molecule has 10 aliphatic carbocycles. The van der Waals surface area contributed by atoms with Gasteiger partial charge in [-0.25, -0.2) is 24.0 Å². The lowest BCUT2D eigenvalue weighted by molar-refractivity contribution is 0.102. The quantitative estimate of drug-likeness (QED) is 0.148. The summed E-state index contributed by atoms with van der Waals surface area (Å²) in [5, 5.41) is 10.4. The Balaban J connectivity index is 0.000000111. The van der Waals surface area contributed by atoms with E-state index in [9.17, 15) is 77.0 Å². The van der Waals surface area contributed by atoms with Gasteiger partial charge in [-0.05, 0) is 103 Å². The molecule has 0 aliphatic heterocycles. The zero-order chi connectivity index (χ0) is 98.7. The molecule has 10 aliphatic rings. The van der Waals surface area contributed by atoms with Crippen LogP contribution in [-0.4, -0.2) is 93.9 Å². The van der Waals surface area contributed by atoms with Crippen molar-refractivity contribution in [2.24, 2.45) is 76.4 Å². The Bertz CT molecular complexity index is 8550. The van der Waals surface area contributed by atoms with Crippen LogP contribution in [0.15, 0.2) is 270 Å². The first-order chi connectivity index (χ1) is 66.5. The van der Waals surface area contributed by atoms with Crippen LogP contribution in [0.5, 0.6) is 17.2 Å². The third kappa shape index (κ3) is 14.2. The highest BCUT2D eigenvalue weighted by Gasteiger charge is 2.49. The molecular weight excluding hydrogens is 1760 g/mol. The van der Waals surface area contributed by atoms with Gasteiger partial charge >= 0.3 is 28.4 Å². The summed E-state index contributed by atoms with van der Waals surface area (Å²) in [6, 6.07) is 60.3. The van der Waals surface area contributed by atoms with E-state index in [-0.39, 0.29) is 115 Å². The number of phenols is 1. The molecular formula is C111H98N10O18. The third-order valence-electron chi connectivity index (χ3n) is 29.6. The minimum Gasteiger partial charge on any atom is -0.502 e. The Morgan fingerprint density at radius 1 is 0.295 bits per heavy atom. The number of carbonyl (C=O) groups is 5. The van der Waals surface area contributed by atoms with E-state index in [4.69, 9.17) is 9.47 Å². The zero-order valence-corrected chi connectivity index (χ0v) is 79.2. The Hall–Kier alpha value is -16.4. The summed E-state index contributed by atoms with van der Waals surface area (Å²) >= 11 is 0. The van der Waals surface area contributed by atoms with Crippen molar-refractivity contribution in [3.05, 3.63) is 455 Å². The lowest BCUT2D eigenvalue weighted by Gasteiger charge is -2.29. The smallest absolute Gasteiger partial charge is 0.330 e. The standard InChI is InChI=1S/C25H22N2O6.C24H20N2O3.C23H18N2O3.C21H22N2O3.C18H16N2O3/c1-26-16-11-15-13-7-5-6-8-14(13)22(28)20(15)19(21(16)24(30)27(2)25(26)31)12-9-17(32-3)23(29)18(10-12)33-4;1-25-19-13-17-15-10-6-7-11-16(15)22(27)20(17)18(12-14-8-4-3-5-9-14)21(19)23(28)26(2)24(25)29;1-24-17-12-16-14-10-6-7-11-15(14)21(26)19(16)18(13-8-4-3-5-9-13)20(17)22(27)25(2)23(24)28;1-11(2)9-15-17-14(12-7-5-6-8-13(12)19(17)24)10-16-18(15)20(25)23(4)21(26)22(16)3;1-9-14-12(10-6-4-5-7-11(10)16(14)21)8-13-15(9)17(22)20(3)18(23)19(13)2/h5-10,19,29H,11H2,1-4H3;3-11,18H,12-13H2,1-2H3;3-11,18H,12H2,1-2H3;5-8,11,15H,9-10H2,1-4H3;4-7,9H,8H2,1-3H3. The molecule has 0 radical (unpaired) electrons. The fourth-order valence-corrected chi connectivity index (χ4v) is 22.7. The molecule has 139 heavy (non-hydrogen) atoms. The minimum absolute atomic E-state index is 0.00177. The second kappa shape index (κ2) is 34.8. The lowest BCUT2D eigenvalue weighted by Crippen LogP contribution is -2.43. The molecule has 5 heterocycles. The Kier molecular flexibility index (Phi) is 22.9. The molecule has 0 saturated heterocycles. The van der Waals surface area contributed by atoms with E-state index in [1.807, 2.05) is 177 Å². The monoisotopic (exact) mass is 1860 g/mol. The fourth-order valence-electron chi connectivity index (χ4n) is 22.7. The van der Waals surface area contributed by atoms with Gasteiger partial charge in [0.05, 0.1) is 14.2 Å². The average Bonchev–Trinajstić information content (AvgIpc) is 1.60. The molecule has 5 unspecified atom stereocenters. The maximum atomic E-state index is 13.6. The molecule has 5 aromatic heterocycles. The normalized spacial score (nSPS) is 17.5. The van der Waals surface area contributed by atoms with Gasteiger partial charge in [0.1, 0.15) is 0 Å². The van der Waals surface area contributed by atoms with Crippen molar-refractivity contribution in [2.75, 3.05) is 14.2 Å². The number of aromatic hydroxyl groups is 1. The fraction of sp³-hybridized carbons (Fsp3) is 0.252. The molecule has 8 aromatic carbocycles. The van der Waals surface area contributed by atoms with Gasteiger partial charge in [-0.3, -0.25) is 93.6 Å². The number of hydrogen-bond donors (Lipinski definition) is 1. The summed E-state index contributed by atoms with van der Waals surface area (Å²) in [4.78, 5) is 194. The van der Waals surface area contributed by atoms with Gasteiger partial charge < -0.3 is 14.6 Å². The zero-order valence-electron chi connectivity index (χ0n) is 79.2. The van der Waals surface area contributed by atoms with Gasteiger partial charge in [-0.1, -0.05) is 203 Å². The number of methoxy groups -OCH3 is 2. The van der Waals surface area contributed by atoms with E-state index in [2.05, 4.69) is 13.8 Å². The van der Waals surface area contributed by atoms with Crippen LogP contribution in [0.1, 0.15) is 209 Å². The Labute approximate surface area is 794 Å². The van der Waals surface area contributed by atoms with Crippen molar-refractivity contribution in [3.63, 3.8) is 0 Å². The second-order valence-corrected chi connectivity index (χ2v) is 37.2. The van der Waals surface area contributed by atoms with Crippen molar-refractivity contribution in [3.8, 4) is 17.2 Å². The van der Waals surface area contributed by atoms with Crippen molar-refractivity contribution < 1.29 is 38.6 Å². The van der Waals surface area contributed by atoms with Crippen LogP contribution >= 0.6 is 0 Å². The number of rotatable bonds is 8. The largest absolute Gasteiger partial charge is 0.502 e. The molecule has 0 fully saturated rings. The summed E-state index contributed by atoms with van der Waals surface area (Å²) in [6.07, 6.45) is 3.25. The third-order valence-corrected chi connectivity index (χ3v) is 29.6. The average molecular weight is 1860 g/mol. The van der Waals surface area contributed by atoms with E-state index in [1.165, 1.54) is 58.6 Å². The van der Waals surface area contributed by atoms with Gasteiger partial charge in [0.15, 0.2) is 40.4 Å². The van der Waals surface area contributed by atoms with E-state index >= 15 is 0 Å². The van der Waals surface area contributed by atoms with Gasteiger partial charge in [0.25, 0.3) is 27.8 Å². The molecule has 0 amide bonds. The first-order valence-electron chi connectivity index (χ1n) is 45.9. The Morgan fingerprint density at radius 3 is 0.885 bits per heavy atom. The predicted molar refractivity (Wildman–Crippen MR) is 526 cm³/mol. The summed E-state index contributed by atoms with van der Waals surface area (Å²) in [5.41, 5.74) is 20.8. The van der Waals surface area contributed by atoms with Crippen LogP contribution in [0.2, 0.25) is 0 Å². The van der Waals surface area contributed by atoms with Crippen molar-refractivity contribution in [1.82, 2.24) is 45.7 Å². The molecule has 0 bridgehead atoms. The van der Waals surface area contributed by atoms with Crippen LogP contribution in [0.25, 0.3) is 27.9 Å². The number of benzene rings is 8. The highest BCUT2D eigenvalue weighted by molar-refractivity contribution is 6.26. The molecule has 23 rings (SSSR count). The van der Waals surface area contributed by atoms with E-state index in [0.29, 0.717) is 151 Å². The number of phenolic OH excluding ortho intramolecular Hbond substituents is 1. The number of allylic oxidation sites excluding steroid dienone is 10. The maximum absolute atomic E-state index is 13.6. The SMILES string of the molecule is CC(C)CC1C2=C(Cc3c1c(=O)n(C)c(=O)n3C)c1ccccc1C2=O.CC1C2=C(Cc3c1c(=O)n(C)c(=O)n3C)c1ccccc1C2=O.COc1cc(C2C3=C(Cc4c2c(=O)n(C)c(=O)n4C)c2ccccc2C3=O)cc(OC)c1O.Cn1c2c(c(=O)n(C)c1=O)C(Cc1ccccc1)C1=C(C2)c2ccccc2C1=O.Cn1c2c(c(=O)n(C)c1=O)C(c1ccccc1)C1=C(C2)c2ccccc2C1=O. The number of fused-ring (bicyclic) bond motifs is 15. The van der Waals surface area contributed by atoms with Gasteiger partial charge in [-0.15, -0.1) is 0 Å².